The highest BCUT2D eigenvalue weighted by molar-refractivity contribution is 6.04. The van der Waals surface area contributed by atoms with Crippen molar-refractivity contribution in [3.05, 3.63) is 437 Å². The predicted molar refractivity (Wildman–Crippen MR) is 446 cm³/mol. The molecule has 0 saturated carbocycles. The summed E-state index contributed by atoms with van der Waals surface area (Å²) >= 11 is 0. The summed E-state index contributed by atoms with van der Waals surface area (Å²) in [4.78, 5) is 83.1. The Balaban J connectivity index is 0.761. The molecule has 0 unspecified atom stereocenters. The average molecular weight is 1540 g/mol. The van der Waals surface area contributed by atoms with E-state index in [9.17, 15) is 0 Å². The van der Waals surface area contributed by atoms with Crippen molar-refractivity contribution in [2.75, 3.05) is 13.2 Å². The Kier molecular flexibility index (Phi) is 14.6. The van der Waals surface area contributed by atoms with Gasteiger partial charge in [-0.25, -0.2) is 59.0 Å². The molecule has 13 heterocycles. The molecule has 0 saturated heterocycles. The Hall–Kier alpha value is -12.4. The summed E-state index contributed by atoms with van der Waals surface area (Å²) in [5.74, 6) is 1.27. The van der Waals surface area contributed by atoms with Crippen LogP contribution in [0.3, 0.4) is 0 Å². The number of pyridine rings is 4. The lowest BCUT2D eigenvalue weighted by Crippen LogP contribution is -2.55. The molecule has 0 fully saturated rings. The summed E-state index contributed by atoms with van der Waals surface area (Å²) in [6.07, 6.45) is 8.16. The zero-order valence-electron chi connectivity index (χ0n) is 64.8. The van der Waals surface area contributed by atoms with Crippen LogP contribution in [0, 0.1) is 0 Å². The molecule has 14 heteroatoms. The Morgan fingerprint density at radius 2 is 0.398 bits per heavy atom. The minimum atomic E-state index is -1.40. The van der Waals surface area contributed by atoms with Crippen molar-refractivity contribution in [2.45, 2.75) is 110 Å². The van der Waals surface area contributed by atoms with E-state index in [0.717, 1.165) is 184 Å². The second-order valence-electron chi connectivity index (χ2n) is 33.0. The van der Waals surface area contributed by atoms with Gasteiger partial charge in [0, 0.05) is 133 Å². The molecule has 14 nitrogen and oxygen atoms in total. The standard InChI is InChI=1S/C104H76N4O10/c1-3-5-7-25-55-109-71-59-67-57-68(60-71)98-75-29-11-19-37-83(75)102(116-112-98,84-38-20-12-30-76(84)98)90-52-48-64-44-46-66-50-54-92(108-96(66)94(64)106-90)104-87-41-23-15-33-79(87)100(114-118-104,80-34-16-24-42-88(80)104)70-58-69(61-72(62-70)110-56-26-8-6-4-2)99-77-31-13-21-39-85(77)103(117-113-99,86-40-22-14-32-78(86)99)91-53-49-65-45-43-63-47-51-89(105-93(63)95(65)107-91)101-81-35-17-9-27-73(81)97(67,111-115-101)74-28-10-18-36-82(74)101/h9-24,27-54,57-62H,3-8,25-26,55-56H2,1-2H3. The molecule has 12 aromatic carbocycles. The van der Waals surface area contributed by atoms with Gasteiger partial charge in [0.05, 0.1) is 58.1 Å². The molecule has 29 rings (SSSR count). The summed E-state index contributed by atoms with van der Waals surface area (Å²) in [5.41, 5.74) is 11.1. The summed E-state index contributed by atoms with van der Waals surface area (Å²) in [6, 6.07) is 106. The maximum atomic E-state index is 7.49. The Bertz CT molecular complexity index is 6000. The highest BCUT2D eigenvalue weighted by Gasteiger charge is 2.67. The lowest BCUT2D eigenvalue weighted by molar-refractivity contribution is -0.412. The third-order valence-electron chi connectivity index (χ3n) is 27.1. The molecule has 0 radical (unpaired) electrons. The van der Waals surface area contributed by atoms with E-state index in [1.54, 1.807) is 0 Å². The summed E-state index contributed by atoms with van der Waals surface area (Å²) in [7, 11) is 0. The smallest absolute Gasteiger partial charge is 0.196 e. The second-order valence-corrected chi connectivity index (χ2v) is 33.0. The fraction of sp³-hybridized carbons (Fsp3) is 0.192. The van der Waals surface area contributed by atoms with Gasteiger partial charge in [-0.15, -0.1) is 0 Å². The first-order valence-electron chi connectivity index (χ1n) is 41.5. The van der Waals surface area contributed by atoms with Crippen LogP contribution in [-0.2, 0) is 83.9 Å². The maximum absolute atomic E-state index is 7.49. The molecule has 20 bridgehead atoms. The largest absolute Gasteiger partial charge is 0.494 e. The van der Waals surface area contributed by atoms with Crippen molar-refractivity contribution in [1.29, 1.82) is 0 Å². The van der Waals surface area contributed by atoms with Crippen molar-refractivity contribution in [2.24, 2.45) is 0 Å². The average Bonchev–Trinajstić information content (AvgIpc) is 0.668. The van der Waals surface area contributed by atoms with Crippen LogP contribution in [0.4, 0.5) is 0 Å². The lowest BCUT2D eigenvalue weighted by atomic mass is 9.61. The van der Waals surface area contributed by atoms with Gasteiger partial charge in [-0.05, 0) is 73.5 Å². The first-order valence-corrected chi connectivity index (χ1v) is 41.5. The van der Waals surface area contributed by atoms with Gasteiger partial charge in [-0.1, -0.05) is 295 Å². The zero-order chi connectivity index (χ0) is 78.0. The normalized spacial score (nSPS) is 24.7. The number of aromatic nitrogens is 4. The Morgan fingerprint density at radius 1 is 0.212 bits per heavy atom. The Morgan fingerprint density at radius 3 is 0.602 bits per heavy atom. The van der Waals surface area contributed by atoms with Crippen LogP contribution in [0.15, 0.2) is 303 Å². The number of unbranched alkanes of at least 4 members (excludes halogenated alkanes) is 6. The van der Waals surface area contributed by atoms with Gasteiger partial charge in [0.15, 0.2) is 44.8 Å². The van der Waals surface area contributed by atoms with E-state index in [1.807, 2.05) is 0 Å². The van der Waals surface area contributed by atoms with Crippen LogP contribution in [0.2, 0.25) is 0 Å². The number of ether oxygens (including phenoxy) is 2. The van der Waals surface area contributed by atoms with E-state index >= 15 is 0 Å². The first kappa shape index (κ1) is 68.8. The van der Waals surface area contributed by atoms with Gasteiger partial charge in [0.1, 0.15) is 11.5 Å². The van der Waals surface area contributed by atoms with Crippen molar-refractivity contribution in [3.8, 4) is 11.5 Å². The molecular formula is C104H76N4O10. The van der Waals surface area contributed by atoms with Crippen molar-refractivity contribution in [3.63, 3.8) is 0 Å². The van der Waals surface area contributed by atoms with E-state index < -0.39 is 44.8 Å². The topological polar surface area (TPSA) is 144 Å². The van der Waals surface area contributed by atoms with Gasteiger partial charge in [-0.3, -0.25) is 0 Å². The van der Waals surface area contributed by atoms with Gasteiger partial charge in [-0.2, -0.15) is 0 Å². The van der Waals surface area contributed by atoms with Crippen LogP contribution < -0.4 is 9.47 Å². The molecule has 0 N–H and O–H groups in total. The molecule has 0 atom stereocenters. The maximum Gasteiger partial charge on any atom is 0.196 e. The van der Waals surface area contributed by atoms with Crippen LogP contribution in [-0.4, -0.2) is 33.1 Å². The summed E-state index contributed by atoms with van der Waals surface area (Å²) < 4.78 is 14.2. The van der Waals surface area contributed by atoms with Gasteiger partial charge in [0.2, 0.25) is 0 Å². The zero-order valence-corrected chi connectivity index (χ0v) is 64.8. The number of nitrogens with zero attached hydrogens (tertiary/aromatic N) is 4. The van der Waals surface area contributed by atoms with E-state index in [0.29, 0.717) is 69.6 Å². The molecule has 118 heavy (non-hydrogen) atoms. The van der Waals surface area contributed by atoms with Crippen LogP contribution in [0.25, 0.3) is 43.6 Å². The number of hydrogen-bond acceptors (Lipinski definition) is 14. The summed E-state index contributed by atoms with van der Waals surface area (Å²) in [6.45, 7) is 5.42. The molecule has 572 valence electrons. The summed E-state index contributed by atoms with van der Waals surface area (Å²) in [5, 5.41) is 3.52. The van der Waals surface area contributed by atoms with E-state index in [1.165, 1.54) is 0 Å². The van der Waals surface area contributed by atoms with E-state index in [2.05, 4.69) is 317 Å². The minimum absolute atomic E-state index is 0.485. The molecule has 13 aliphatic rings. The number of benzene rings is 12. The van der Waals surface area contributed by atoms with Crippen molar-refractivity contribution in [1.82, 2.24) is 19.9 Å². The van der Waals surface area contributed by atoms with Gasteiger partial charge in [0.25, 0.3) is 0 Å². The SMILES string of the molecule is CCCCCCOc1cc2cc(c1)C13OOC(c4ccc5ccc6ccc(nc6c5n4)C45OOC(c6cc(OCCCCCC)cc(c6)C67OOC(c8ccc9ccc%10ccc(nc%10c9n8)C89OOC2(c2ccccc28)c2ccccc29)(c2ccccc26)c2ccccc27)(c2ccccc24)c2ccccc25)(c2ccccc21)c1ccccc13. The van der Waals surface area contributed by atoms with Crippen molar-refractivity contribution < 1.29 is 48.6 Å². The molecule has 16 aromatic rings. The minimum Gasteiger partial charge on any atom is -0.494 e. The number of rotatable bonds is 12. The molecule has 4 aliphatic carbocycles. The molecule has 0 spiro atoms. The molecule has 4 aromatic heterocycles. The first-order chi connectivity index (χ1) is 58.2. The van der Waals surface area contributed by atoms with Crippen molar-refractivity contribution >= 4 is 43.6 Å². The fourth-order valence-electron chi connectivity index (χ4n) is 21.8. The van der Waals surface area contributed by atoms with Crippen LogP contribution in [0.1, 0.15) is 199 Å². The van der Waals surface area contributed by atoms with Gasteiger partial charge >= 0.3 is 0 Å². The van der Waals surface area contributed by atoms with Gasteiger partial charge < -0.3 is 9.47 Å². The molecular weight excluding hydrogens is 1470 g/mol. The van der Waals surface area contributed by atoms with E-state index in [-0.39, 0.29) is 0 Å². The predicted octanol–water partition coefficient (Wildman–Crippen LogP) is 21.5. The third-order valence-corrected chi connectivity index (χ3v) is 27.1. The highest BCUT2D eigenvalue weighted by Crippen LogP contribution is 2.68. The van der Waals surface area contributed by atoms with Crippen LogP contribution >= 0.6 is 0 Å². The monoisotopic (exact) mass is 1540 g/mol. The second kappa shape index (κ2) is 25.1. The highest BCUT2D eigenvalue weighted by atomic mass is 17.2. The molecule has 0 amide bonds. The van der Waals surface area contributed by atoms with Crippen LogP contribution in [0.5, 0.6) is 11.5 Å². The fourth-order valence-corrected chi connectivity index (χ4v) is 21.8. The quantitative estimate of drug-likeness (QED) is 0.0650. The Labute approximate surface area is 680 Å². The van der Waals surface area contributed by atoms with E-state index in [4.69, 9.17) is 68.5 Å². The number of hydrogen-bond donors (Lipinski definition) is 0. The lowest BCUT2D eigenvalue weighted by Gasteiger charge is -2.54. The molecule has 9 aliphatic heterocycles. The third kappa shape index (κ3) is 8.62. The number of fused-ring (bicyclic) bond motifs is 8.